The average molecular weight is 394 g/mol. The fourth-order valence-electron chi connectivity index (χ4n) is 3.23. The molecule has 6 heteroatoms. The highest BCUT2D eigenvalue weighted by Crippen LogP contribution is 2.30. The van der Waals surface area contributed by atoms with Crippen molar-refractivity contribution in [3.05, 3.63) is 34.5 Å². The predicted molar refractivity (Wildman–Crippen MR) is 107 cm³/mol. The number of nitrogens with zero attached hydrogens (tertiary/aromatic N) is 1. The van der Waals surface area contributed by atoms with Gasteiger partial charge in [0, 0.05) is 48.0 Å². The Balaban J connectivity index is 2.35. The molecule has 27 heavy (non-hydrogen) atoms. The van der Waals surface area contributed by atoms with E-state index in [0.717, 1.165) is 23.0 Å². The number of hydrogen-bond acceptors (Lipinski definition) is 3. The molecule has 1 heterocycles. The molecule has 1 aromatic carbocycles. The summed E-state index contributed by atoms with van der Waals surface area (Å²) in [6.07, 6.45) is 1.10. The average Bonchev–Trinajstić information content (AvgIpc) is 2.82. The minimum atomic E-state index is -0.895. The maximum Gasteiger partial charge on any atom is 0.303 e. The summed E-state index contributed by atoms with van der Waals surface area (Å²) in [6.45, 7) is 7.03. The highest BCUT2D eigenvalue weighted by molar-refractivity contribution is 6.31. The van der Waals surface area contributed by atoms with Gasteiger partial charge in [-0.05, 0) is 36.5 Å². The zero-order chi connectivity index (χ0) is 20.1. The second kappa shape index (κ2) is 9.38. The number of carboxylic acid groups (broad SMARTS) is 1. The van der Waals surface area contributed by atoms with Gasteiger partial charge in [-0.3, -0.25) is 9.59 Å². The molecule has 0 radical (unpaired) electrons. The highest BCUT2D eigenvalue weighted by Gasteiger charge is 2.23. The van der Waals surface area contributed by atoms with E-state index in [0.29, 0.717) is 29.7 Å². The Morgan fingerprint density at radius 2 is 1.93 bits per heavy atom. The molecule has 5 nitrogen and oxygen atoms in total. The normalized spacial score (nSPS) is 12.7. The van der Waals surface area contributed by atoms with E-state index in [2.05, 4.69) is 13.8 Å². The summed E-state index contributed by atoms with van der Waals surface area (Å²) in [5.41, 5.74) is 2.32. The van der Waals surface area contributed by atoms with Gasteiger partial charge in [0.05, 0.1) is 12.3 Å². The summed E-state index contributed by atoms with van der Waals surface area (Å²) >= 11 is 6.16. The summed E-state index contributed by atoms with van der Waals surface area (Å²) in [6, 6.07) is 5.49. The Kier molecular flexibility index (Phi) is 7.45. The number of carbonyl (C=O) groups excluding carboxylic acids is 1. The number of rotatable bonds is 10. The number of fused-ring (bicyclic) bond motifs is 1. The van der Waals surface area contributed by atoms with Gasteiger partial charge in [-0.25, -0.2) is 0 Å². The third kappa shape index (κ3) is 5.56. The molecule has 0 aliphatic heterocycles. The minimum absolute atomic E-state index is 0.0303. The molecule has 1 atom stereocenters. The van der Waals surface area contributed by atoms with Gasteiger partial charge in [-0.1, -0.05) is 32.4 Å². The maximum absolute atomic E-state index is 13.0. The molecule has 0 bridgehead atoms. The standard InChI is InChI=1S/C21H28ClNO4/c1-13(2)7-8-27-12-18-21(19(24)9-14(3)10-20(25)26)16-11-15(22)5-6-17(16)23(18)4/h5-6,11,13-14H,7-10,12H2,1-4H3,(H,25,26)/t14-/m0/s1. The topological polar surface area (TPSA) is 68.5 Å². The summed E-state index contributed by atoms with van der Waals surface area (Å²) in [7, 11) is 1.91. The van der Waals surface area contributed by atoms with Gasteiger partial charge in [0.25, 0.3) is 0 Å². The first-order valence-electron chi connectivity index (χ1n) is 9.30. The minimum Gasteiger partial charge on any atom is -0.481 e. The van der Waals surface area contributed by atoms with E-state index >= 15 is 0 Å². The summed E-state index contributed by atoms with van der Waals surface area (Å²) in [5, 5.41) is 10.3. The zero-order valence-electron chi connectivity index (χ0n) is 16.4. The van der Waals surface area contributed by atoms with Crippen LogP contribution in [0.4, 0.5) is 0 Å². The smallest absolute Gasteiger partial charge is 0.303 e. The van der Waals surface area contributed by atoms with Crippen molar-refractivity contribution in [2.24, 2.45) is 18.9 Å². The van der Waals surface area contributed by atoms with Crippen molar-refractivity contribution < 1.29 is 19.4 Å². The van der Waals surface area contributed by atoms with Crippen molar-refractivity contribution in [1.29, 1.82) is 0 Å². The largest absolute Gasteiger partial charge is 0.481 e. The molecule has 2 rings (SSSR count). The molecular weight excluding hydrogens is 366 g/mol. The molecule has 1 aromatic heterocycles. The van der Waals surface area contributed by atoms with Crippen LogP contribution in [-0.4, -0.2) is 28.0 Å². The number of aromatic nitrogens is 1. The Morgan fingerprint density at radius 3 is 2.56 bits per heavy atom. The van der Waals surface area contributed by atoms with E-state index in [1.165, 1.54) is 0 Å². The summed E-state index contributed by atoms with van der Waals surface area (Å²) in [4.78, 5) is 24.0. The van der Waals surface area contributed by atoms with Crippen LogP contribution in [0.15, 0.2) is 18.2 Å². The fourth-order valence-corrected chi connectivity index (χ4v) is 3.40. The number of hydrogen-bond donors (Lipinski definition) is 1. The molecule has 0 saturated heterocycles. The lowest BCUT2D eigenvalue weighted by molar-refractivity contribution is -0.137. The lowest BCUT2D eigenvalue weighted by atomic mass is 9.95. The van der Waals surface area contributed by atoms with Crippen LogP contribution in [0, 0.1) is 11.8 Å². The molecule has 0 fully saturated rings. The fraction of sp³-hybridized carbons (Fsp3) is 0.524. The molecular formula is C21H28ClNO4. The van der Waals surface area contributed by atoms with Gasteiger partial charge in [-0.2, -0.15) is 0 Å². The Hall–Kier alpha value is -1.85. The van der Waals surface area contributed by atoms with E-state index in [1.54, 1.807) is 19.1 Å². The molecule has 0 aliphatic rings. The van der Waals surface area contributed by atoms with Crippen LogP contribution in [0.1, 0.15) is 56.1 Å². The van der Waals surface area contributed by atoms with Crippen LogP contribution in [0.2, 0.25) is 5.02 Å². The molecule has 1 N–H and O–H groups in total. The van der Waals surface area contributed by atoms with E-state index in [4.69, 9.17) is 21.4 Å². The van der Waals surface area contributed by atoms with Crippen molar-refractivity contribution in [3.63, 3.8) is 0 Å². The third-order valence-corrected chi connectivity index (χ3v) is 4.93. The number of aliphatic carboxylic acids is 1. The van der Waals surface area contributed by atoms with E-state index in [1.807, 2.05) is 17.7 Å². The summed E-state index contributed by atoms with van der Waals surface area (Å²) < 4.78 is 7.80. The number of carbonyl (C=O) groups is 2. The zero-order valence-corrected chi connectivity index (χ0v) is 17.2. The van der Waals surface area contributed by atoms with Crippen LogP contribution in [-0.2, 0) is 23.2 Å². The van der Waals surface area contributed by atoms with Crippen molar-refractivity contribution in [1.82, 2.24) is 4.57 Å². The SMILES string of the molecule is CC(C)CCOCc1c(C(=O)C[C@H](C)CC(=O)O)c2cc(Cl)ccc2n1C. The van der Waals surface area contributed by atoms with Crippen LogP contribution >= 0.6 is 11.6 Å². The summed E-state index contributed by atoms with van der Waals surface area (Å²) in [5.74, 6) is -0.652. The number of ether oxygens (including phenoxy) is 1. The molecule has 0 aliphatic carbocycles. The molecule has 0 spiro atoms. The molecule has 0 amide bonds. The maximum atomic E-state index is 13.0. The van der Waals surface area contributed by atoms with Gasteiger partial charge in [0.15, 0.2) is 5.78 Å². The number of carboxylic acids is 1. The quantitative estimate of drug-likeness (QED) is 0.451. The molecule has 0 saturated carbocycles. The predicted octanol–water partition coefficient (Wildman–Crippen LogP) is 5.08. The van der Waals surface area contributed by atoms with Gasteiger partial charge in [0.1, 0.15) is 0 Å². The van der Waals surface area contributed by atoms with Crippen molar-refractivity contribution >= 4 is 34.3 Å². The lowest BCUT2D eigenvalue weighted by Crippen LogP contribution is -2.13. The first-order valence-corrected chi connectivity index (χ1v) is 9.68. The molecule has 2 aromatic rings. The second-order valence-electron chi connectivity index (χ2n) is 7.61. The first-order chi connectivity index (χ1) is 12.7. The van der Waals surface area contributed by atoms with Crippen LogP contribution in [0.3, 0.4) is 0 Å². The number of halogens is 1. The van der Waals surface area contributed by atoms with E-state index in [9.17, 15) is 9.59 Å². The monoisotopic (exact) mass is 393 g/mol. The van der Waals surface area contributed by atoms with Crippen LogP contribution in [0.25, 0.3) is 10.9 Å². The van der Waals surface area contributed by atoms with Gasteiger partial charge in [0.2, 0.25) is 0 Å². The van der Waals surface area contributed by atoms with Crippen LogP contribution in [0.5, 0.6) is 0 Å². The van der Waals surface area contributed by atoms with Gasteiger partial charge in [-0.15, -0.1) is 0 Å². The number of benzene rings is 1. The number of Topliss-reactive ketones (excluding diaryl/α,β-unsaturated/α-hetero) is 1. The van der Waals surface area contributed by atoms with Gasteiger partial charge < -0.3 is 14.4 Å². The Labute approximate surface area is 165 Å². The lowest BCUT2D eigenvalue weighted by Gasteiger charge is -2.11. The van der Waals surface area contributed by atoms with E-state index in [-0.39, 0.29) is 24.5 Å². The molecule has 148 valence electrons. The second-order valence-corrected chi connectivity index (χ2v) is 8.04. The molecule has 0 unspecified atom stereocenters. The Bertz CT molecular complexity index is 825. The van der Waals surface area contributed by atoms with Crippen molar-refractivity contribution in [2.75, 3.05) is 6.61 Å². The van der Waals surface area contributed by atoms with Crippen molar-refractivity contribution in [2.45, 2.75) is 46.6 Å². The Morgan fingerprint density at radius 1 is 1.22 bits per heavy atom. The third-order valence-electron chi connectivity index (χ3n) is 4.70. The number of ketones is 1. The highest BCUT2D eigenvalue weighted by atomic mass is 35.5. The van der Waals surface area contributed by atoms with Crippen molar-refractivity contribution in [3.8, 4) is 0 Å². The van der Waals surface area contributed by atoms with E-state index < -0.39 is 5.97 Å². The first kappa shape index (κ1) is 21.5. The van der Waals surface area contributed by atoms with Gasteiger partial charge >= 0.3 is 5.97 Å². The number of aryl methyl sites for hydroxylation is 1. The van der Waals surface area contributed by atoms with Crippen LogP contribution < -0.4 is 0 Å².